The predicted molar refractivity (Wildman–Crippen MR) is 124 cm³/mol. The van der Waals surface area contributed by atoms with E-state index in [0.29, 0.717) is 33.5 Å². The molecule has 0 unspecified atom stereocenters. The number of methoxy groups -OCH3 is 1. The summed E-state index contributed by atoms with van der Waals surface area (Å²) >= 11 is 7.05. The number of rotatable bonds is 5. The molecule has 8 heteroatoms. The summed E-state index contributed by atoms with van der Waals surface area (Å²) in [5, 5.41) is 7.20. The van der Waals surface area contributed by atoms with Gasteiger partial charge < -0.3 is 20.1 Å². The molecule has 160 valence electrons. The molecule has 30 heavy (non-hydrogen) atoms. The van der Waals surface area contributed by atoms with Gasteiger partial charge >= 0.3 is 11.9 Å². The summed E-state index contributed by atoms with van der Waals surface area (Å²) in [7, 11) is 1.34. The molecule has 1 aliphatic carbocycles. The first-order valence-corrected chi connectivity index (χ1v) is 11.3. The quantitative estimate of drug-likeness (QED) is 0.484. The number of carbonyl (C=O) groups excluding carboxylic acids is 2. The fraction of sp³-hybridized carbons (Fsp3) is 0.409. The summed E-state index contributed by atoms with van der Waals surface area (Å²) in [6, 6.07) is 6.97. The zero-order valence-corrected chi connectivity index (χ0v) is 18.8. The number of fused-ring (bicyclic) bond motifs is 1. The number of hydrogen-bond acceptors (Lipinski definition) is 6. The highest BCUT2D eigenvalue weighted by atomic mass is 32.1. The second-order valence-corrected chi connectivity index (χ2v) is 8.47. The van der Waals surface area contributed by atoms with Crippen molar-refractivity contribution >= 4 is 51.3 Å². The molecule has 0 bridgehead atoms. The normalized spacial score (nSPS) is 13.4. The molecule has 2 aromatic rings. The van der Waals surface area contributed by atoms with Crippen LogP contribution in [0.1, 0.15) is 63.8 Å². The van der Waals surface area contributed by atoms with Crippen molar-refractivity contribution in [1.82, 2.24) is 0 Å². The van der Waals surface area contributed by atoms with Crippen LogP contribution in [0.15, 0.2) is 24.3 Å². The number of hydrogen-bond donors (Lipinski definition) is 2. The number of aryl methyl sites for hydroxylation is 1. The number of ether oxygens (including phenoxy) is 2. The highest BCUT2D eigenvalue weighted by molar-refractivity contribution is 7.80. The Balaban J connectivity index is 1.87. The van der Waals surface area contributed by atoms with E-state index in [1.54, 1.807) is 42.5 Å². The largest absolute Gasteiger partial charge is 0.465 e. The minimum Gasteiger partial charge on any atom is -0.465 e. The number of thiocarbonyl (C=S) groups is 1. The van der Waals surface area contributed by atoms with Crippen LogP contribution in [-0.4, -0.2) is 30.8 Å². The molecule has 1 aromatic heterocycles. The molecule has 2 N–H and O–H groups in total. The molecule has 0 radical (unpaired) electrons. The van der Waals surface area contributed by atoms with Gasteiger partial charge in [-0.15, -0.1) is 11.3 Å². The lowest BCUT2D eigenvalue weighted by atomic mass is 9.96. The Kier molecular flexibility index (Phi) is 7.81. The lowest BCUT2D eigenvalue weighted by Gasteiger charge is -2.14. The zero-order valence-electron chi connectivity index (χ0n) is 17.2. The molecule has 0 amide bonds. The third-order valence-corrected chi connectivity index (χ3v) is 6.37. The Bertz CT molecular complexity index is 939. The fourth-order valence-electron chi connectivity index (χ4n) is 3.56. The van der Waals surface area contributed by atoms with Crippen molar-refractivity contribution in [2.45, 2.75) is 45.4 Å². The van der Waals surface area contributed by atoms with Crippen LogP contribution in [0.5, 0.6) is 0 Å². The summed E-state index contributed by atoms with van der Waals surface area (Å²) in [5.74, 6) is -0.775. The van der Waals surface area contributed by atoms with E-state index in [0.717, 1.165) is 31.2 Å². The summed E-state index contributed by atoms with van der Waals surface area (Å²) in [4.78, 5) is 26.0. The Morgan fingerprint density at radius 2 is 1.80 bits per heavy atom. The molecule has 0 spiro atoms. The van der Waals surface area contributed by atoms with E-state index in [1.165, 1.54) is 24.8 Å². The summed E-state index contributed by atoms with van der Waals surface area (Å²) < 4.78 is 10.2. The summed E-state index contributed by atoms with van der Waals surface area (Å²) in [5.41, 5.74) is 2.59. The number of carbonyl (C=O) groups is 2. The van der Waals surface area contributed by atoms with E-state index >= 15 is 0 Å². The Morgan fingerprint density at radius 1 is 1.07 bits per heavy atom. The van der Waals surface area contributed by atoms with Crippen molar-refractivity contribution in [3.8, 4) is 0 Å². The lowest BCUT2D eigenvalue weighted by molar-refractivity contribution is 0.0525. The van der Waals surface area contributed by atoms with Gasteiger partial charge in [-0.1, -0.05) is 25.0 Å². The molecule has 0 atom stereocenters. The van der Waals surface area contributed by atoms with Gasteiger partial charge in [0.25, 0.3) is 0 Å². The van der Waals surface area contributed by atoms with Crippen molar-refractivity contribution in [2.75, 3.05) is 24.4 Å². The molecule has 0 saturated heterocycles. The first-order valence-electron chi connectivity index (χ1n) is 10.1. The number of anilines is 2. The van der Waals surface area contributed by atoms with Crippen molar-refractivity contribution < 1.29 is 19.1 Å². The smallest absolute Gasteiger partial charge is 0.341 e. The molecule has 1 aromatic carbocycles. The maximum absolute atomic E-state index is 12.7. The van der Waals surface area contributed by atoms with Crippen LogP contribution in [0.3, 0.4) is 0 Å². The van der Waals surface area contributed by atoms with E-state index in [-0.39, 0.29) is 5.97 Å². The van der Waals surface area contributed by atoms with Crippen molar-refractivity contribution in [1.29, 1.82) is 0 Å². The predicted octanol–water partition coefficient (Wildman–Crippen LogP) is 5.18. The first-order chi connectivity index (χ1) is 14.5. The van der Waals surface area contributed by atoms with Gasteiger partial charge in [0.15, 0.2) is 5.11 Å². The van der Waals surface area contributed by atoms with Crippen molar-refractivity contribution in [3.63, 3.8) is 0 Å². The van der Waals surface area contributed by atoms with Crippen molar-refractivity contribution in [3.05, 3.63) is 45.8 Å². The minimum absolute atomic E-state index is 0.297. The van der Waals surface area contributed by atoms with Crippen LogP contribution >= 0.6 is 23.6 Å². The number of esters is 2. The van der Waals surface area contributed by atoms with E-state index in [1.807, 2.05) is 0 Å². The van der Waals surface area contributed by atoms with Crippen molar-refractivity contribution in [2.24, 2.45) is 0 Å². The average molecular weight is 447 g/mol. The third-order valence-electron chi connectivity index (χ3n) is 4.96. The summed E-state index contributed by atoms with van der Waals surface area (Å²) in [6.45, 7) is 2.12. The molecule has 0 saturated carbocycles. The first kappa shape index (κ1) is 22.2. The average Bonchev–Trinajstić information content (AvgIpc) is 3.03. The van der Waals surface area contributed by atoms with Crippen LogP contribution in [0.4, 0.5) is 10.7 Å². The molecule has 0 fully saturated rings. The molecule has 6 nitrogen and oxygen atoms in total. The Labute approximate surface area is 186 Å². The third kappa shape index (κ3) is 5.17. The van der Waals surface area contributed by atoms with Crippen LogP contribution in [0.25, 0.3) is 0 Å². The number of thiophene rings is 1. The second-order valence-electron chi connectivity index (χ2n) is 6.96. The standard InChI is InChI=1S/C22H26N2O4S2/c1-3-28-21(26)18-15-11-6-4-5-7-13-17(15)30-19(18)24-22(29)23-16-12-9-8-10-14(16)20(25)27-2/h8-10,12H,3-7,11,13H2,1-2H3,(H2,23,24,29). The van der Waals surface area contributed by atoms with Gasteiger partial charge in [-0.25, -0.2) is 9.59 Å². The van der Waals surface area contributed by atoms with Gasteiger partial charge in [0, 0.05) is 4.88 Å². The van der Waals surface area contributed by atoms with E-state index in [9.17, 15) is 9.59 Å². The molecule has 3 rings (SSSR count). The van der Waals surface area contributed by atoms with Crippen LogP contribution in [0, 0.1) is 0 Å². The van der Waals surface area contributed by atoms with Gasteiger partial charge in [-0.2, -0.15) is 0 Å². The number of nitrogens with one attached hydrogen (secondary N) is 2. The van der Waals surface area contributed by atoms with Gasteiger partial charge in [0.05, 0.1) is 30.5 Å². The lowest BCUT2D eigenvalue weighted by Crippen LogP contribution is -2.22. The molecular weight excluding hydrogens is 420 g/mol. The Morgan fingerprint density at radius 3 is 2.53 bits per heavy atom. The summed E-state index contributed by atoms with van der Waals surface area (Å²) in [6.07, 6.45) is 6.38. The van der Waals surface area contributed by atoms with Crippen LogP contribution < -0.4 is 10.6 Å². The van der Waals surface area contributed by atoms with Crippen LogP contribution in [-0.2, 0) is 22.3 Å². The molecular formula is C22H26N2O4S2. The van der Waals surface area contributed by atoms with Gasteiger partial charge in [-0.3, -0.25) is 0 Å². The molecule has 1 aliphatic rings. The maximum atomic E-state index is 12.7. The second kappa shape index (κ2) is 10.5. The minimum atomic E-state index is -0.452. The SMILES string of the molecule is CCOC(=O)c1c(NC(=S)Nc2ccccc2C(=O)OC)sc2c1CCCCCC2. The topological polar surface area (TPSA) is 76.7 Å². The van der Waals surface area contributed by atoms with E-state index in [4.69, 9.17) is 21.7 Å². The fourth-order valence-corrected chi connectivity index (χ4v) is 5.12. The molecule has 0 aliphatic heterocycles. The highest BCUT2D eigenvalue weighted by Crippen LogP contribution is 2.37. The van der Waals surface area contributed by atoms with Gasteiger partial charge in [0.2, 0.25) is 0 Å². The zero-order chi connectivity index (χ0) is 21.5. The maximum Gasteiger partial charge on any atom is 0.341 e. The van der Waals surface area contributed by atoms with E-state index in [2.05, 4.69) is 10.6 Å². The monoisotopic (exact) mass is 446 g/mol. The number of para-hydroxylation sites is 1. The van der Waals surface area contributed by atoms with Gasteiger partial charge in [-0.05, 0) is 62.5 Å². The van der Waals surface area contributed by atoms with E-state index < -0.39 is 5.97 Å². The van der Waals surface area contributed by atoms with Gasteiger partial charge in [0.1, 0.15) is 5.00 Å². The van der Waals surface area contributed by atoms with Crippen LogP contribution in [0.2, 0.25) is 0 Å². The Hall–Kier alpha value is -2.45. The highest BCUT2D eigenvalue weighted by Gasteiger charge is 2.26. The molecule has 1 heterocycles. The number of benzene rings is 1.